The maximum absolute atomic E-state index is 8.60. The molecule has 0 saturated heterocycles. The predicted octanol–water partition coefficient (Wildman–Crippen LogP) is 3.29. The maximum atomic E-state index is 8.60. The van der Waals surface area contributed by atoms with Crippen molar-refractivity contribution >= 4 is 22.6 Å². The lowest BCUT2D eigenvalue weighted by atomic mass is 10.3. The summed E-state index contributed by atoms with van der Waals surface area (Å²) in [5.74, 6) is 0.747. The van der Waals surface area contributed by atoms with E-state index in [4.69, 9.17) is 10.00 Å². The Labute approximate surface area is 112 Å². The minimum Gasteiger partial charge on any atom is -0.491 e. The monoisotopic (exact) mass is 263 g/mol. The van der Waals surface area contributed by atoms with Crippen molar-refractivity contribution in [1.29, 1.82) is 5.26 Å². The smallest absolute Gasteiger partial charge is 0.183 e. The highest BCUT2D eigenvalue weighted by Crippen LogP contribution is 2.27. The van der Waals surface area contributed by atoms with Gasteiger partial charge in [-0.25, -0.2) is 4.99 Å². The highest BCUT2D eigenvalue weighted by molar-refractivity contribution is 8.13. The molecule has 0 aliphatic carbocycles. The van der Waals surface area contributed by atoms with Crippen LogP contribution in [0.5, 0.6) is 5.75 Å². The van der Waals surface area contributed by atoms with E-state index in [0.717, 1.165) is 24.3 Å². The van der Waals surface area contributed by atoms with E-state index < -0.39 is 0 Å². The molecule has 0 bridgehead atoms. The summed E-state index contributed by atoms with van der Waals surface area (Å²) in [6.45, 7) is 2.80. The van der Waals surface area contributed by atoms with Crippen molar-refractivity contribution in [3.05, 3.63) is 24.3 Å². The number of nitriles is 1. The van der Waals surface area contributed by atoms with Gasteiger partial charge in [0.05, 0.1) is 6.61 Å². The van der Waals surface area contributed by atoms with Crippen LogP contribution >= 0.6 is 11.8 Å². The molecule has 0 aliphatic rings. The Morgan fingerprint density at radius 1 is 1.50 bits per heavy atom. The molecule has 18 heavy (non-hydrogen) atoms. The van der Waals surface area contributed by atoms with Gasteiger partial charge in [0, 0.05) is 0 Å². The fourth-order valence-electron chi connectivity index (χ4n) is 1.28. The summed E-state index contributed by atoms with van der Waals surface area (Å²) in [6, 6.07) is 7.57. The third-order valence-corrected chi connectivity index (χ3v) is 2.78. The van der Waals surface area contributed by atoms with Crippen LogP contribution in [0.4, 0.5) is 5.69 Å². The van der Waals surface area contributed by atoms with Gasteiger partial charge in [0.1, 0.15) is 11.4 Å². The quantitative estimate of drug-likeness (QED) is 0.291. The number of nitrogens with zero attached hydrogens (tertiary/aromatic N) is 2. The molecule has 0 radical (unpaired) electrons. The minimum absolute atomic E-state index is 0.559. The Balaban J connectivity index is 2.84. The van der Waals surface area contributed by atoms with Crippen molar-refractivity contribution < 1.29 is 4.74 Å². The first-order valence-corrected chi connectivity index (χ1v) is 7.04. The average Bonchev–Trinajstić information content (AvgIpc) is 2.40. The molecule has 4 nitrogen and oxygen atoms in total. The summed E-state index contributed by atoms with van der Waals surface area (Å²) in [6.07, 6.45) is 5.85. The molecular weight excluding hydrogens is 246 g/mol. The molecule has 96 valence electrons. The van der Waals surface area contributed by atoms with Crippen molar-refractivity contribution in [3.63, 3.8) is 0 Å². The van der Waals surface area contributed by atoms with Gasteiger partial charge in [0.15, 0.2) is 11.4 Å². The Kier molecular flexibility index (Phi) is 6.74. The Morgan fingerprint density at radius 3 is 2.94 bits per heavy atom. The normalized spacial score (nSPS) is 10.8. The van der Waals surface area contributed by atoms with Crippen LogP contribution in [0.25, 0.3) is 0 Å². The van der Waals surface area contributed by atoms with Crippen LogP contribution in [-0.2, 0) is 0 Å². The SMILES string of the molecule is CCCCOc1ccccc1N=C(NC#N)SC. The van der Waals surface area contributed by atoms with Gasteiger partial charge in [-0.15, -0.1) is 0 Å². The zero-order chi connectivity index (χ0) is 13.2. The molecule has 0 saturated carbocycles. The second-order valence-corrected chi connectivity index (χ2v) is 4.32. The van der Waals surface area contributed by atoms with Crippen LogP contribution in [0.2, 0.25) is 0 Å². The topological polar surface area (TPSA) is 57.4 Å². The molecule has 0 atom stereocenters. The first kappa shape index (κ1) is 14.4. The van der Waals surface area contributed by atoms with Gasteiger partial charge in [-0.2, -0.15) is 5.26 Å². The minimum atomic E-state index is 0.559. The first-order chi connectivity index (χ1) is 8.81. The molecular formula is C13H17N3OS. The molecule has 5 heteroatoms. The summed E-state index contributed by atoms with van der Waals surface area (Å²) < 4.78 is 5.67. The van der Waals surface area contributed by atoms with Crippen LogP contribution in [0.1, 0.15) is 19.8 Å². The summed E-state index contributed by atoms with van der Waals surface area (Å²) in [4.78, 5) is 4.37. The molecule has 0 spiro atoms. The fourth-order valence-corrected chi connectivity index (χ4v) is 1.62. The van der Waals surface area contributed by atoms with Gasteiger partial charge < -0.3 is 4.74 Å². The van der Waals surface area contributed by atoms with Gasteiger partial charge in [-0.1, -0.05) is 37.2 Å². The number of rotatable bonds is 5. The lowest BCUT2D eigenvalue weighted by molar-refractivity contribution is 0.310. The van der Waals surface area contributed by atoms with Crippen LogP contribution in [0.15, 0.2) is 29.3 Å². The summed E-state index contributed by atoms with van der Waals surface area (Å²) in [7, 11) is 0. The molecule has 0 heterocycles. The standard InChI is InChI=1S/C13H17N3OS/c1-3-4-9-17-12-8-6-5-7-11(12)16-13(18-2)15-10-14/h5-8H,3-4,9H2,1-2H3,(H,15,16). The van der Waals surface area contributed by atoms with Gasteiger partial charge in [0.2, 0.25) is 0 Å². The van der Waals surface area contributed by atoms with Gasteiger partial charge in [0.25, 0.3) is 0 Å². The number of unbranched alkanes of at least 4 members (excludes halogenated alkanes) is 1. The molecule has 0 aliphatic heterocycles. The van der Waals surface area contributed by atoms with E-state index in [0.29, 0.717) is 11.8 Å². The van der Waals surface area contributed by atoms with Gasteiger partial charge in [-0.3, -0.25) is 5.32 Å². The van der Waals surface area contributed by atoms with Gasteiger partial charge >= 0.3 is 0 Å². The van der Waals surface area contributed by atoms with Crippen molar-refractivity contribution in [3.8, 4) is 11.9 Å². The number of amidine groups is 1. The van der Waals surface area contributed by atoms with Crippen molar-refractivity contribution in [2.75, 3.05) is 12.9 Å². The third-order valence-electron chi connectivity index (χ3n) is 2.20. The molecule has 0 aromatic heterocycles. The van der Waals surface area contributed by atoms with Crippen molar-refractivity contribution in [1.82, 2.24) is 5.32 Å². The van der Waals surface area contributed by atoms with Crippen molar-refractivity contribution in [2.45, 2.75) is 19.8 Å². The summed E-state index contributed by atoms with van der Waals surface area (Å²) >= 11 is 1.39. The second-order valence-electron chi connectivity index (χ2n) is 3.53. The lowest BCUT2D eigenvalue weighted by Crippen LogP contribution is -2.12. The number of ether oxygens (including phenoxy) is 1. The number of hydrogen-bond acceptors (Lipinski definition) is 4. The Hall–Kier alpha value is -1.67. The molecule has 1 aromatic rings. The molecule has 0 fully saturated rings. The zero-order valence-corrected chi connectivity index (χ0v) is 11.5. The number of para-hydroxylation sites is 2. The average molecular weight is 263 g/mol. The zero-order valence-electron chi connectivity index (χ0n) is 10.6. The largest absolute Gasteiger partial charge is 0.491 e. The molecule has 1 aromatic carbocycles. The first-order valence-electron chi connectivity index (χ1n) is 5.81. The highest BCUT2D eigenvalue weighted by atomic mass is 32.2. The van der Waals surface area contributed by atoms with E-state index in [-0.39, 0.29) is 0 Å². The summed E-state index contributed by atoms with van der Waals surface area (Å²) in [5.41, 5.74) is 0.737. The highest BCUT2D eigenvalue weighted by Gasteiger charge is 2.03. The Morgan fingerprint density at radius 2 is 2.28 bits per heavy atom. The van der Waals surface area contributed by atoms with Crippen LogP contribution < -0.4 is 10.1 Å². The number of thioether (sulfide) groups is 1. The van der Waals surface area contributed by atoms with E-state index in [1.165, 1.54) is 11.8 Å². The molecule has 1 rings (SSSR count). The molecule has 1 N–H and O–H groups in total. The van der Waals surface area contributed by atoms with Crippen LogP contribution in [0, 0.1) is 11.5 Å². The van der Waals surface area contributed by atoms with E-state index in [2.05, 4.69) is 17.2 Å². The van der Waals surface area contributed by atoms with E-state index in [1.54, 1.807) is 0 Å². The van der Waals surface area contributed by atoms with E-state index in [1.807, 2.05) is 36.7 Å². The predicted molar refractivity (Wildman–Crippen MR) is 76.2 cm³/mol. The maximum Gasteiger partial charge on any atom is 0.183 e. The summed E-state index contributed by atoms with van der Waals surface area (Å²) in [5, 5.41) is 11.7. The molecule has 0 amide bonds. The number of benzene rings is 1. The Bertz CT molecular complexity index is 440. The third kappa shape index (κ3) is 4.68. The van der Waals surface area contributed by atoms with Crippen LogP contribution in [-0.4, -0.2) is 18.0 Å². The van der Waals surface area contributed by atoms with Gasteiger partial charge in [-0.05, 0) is 24.8 Å². The fraction of sp³-hybridized carbons (Fsp3) is 0.385. The lowest BCUT2D eigenvalue weighted by Gasteiger charge is -2.08. The van der Waals surface area contributed by atoms with Crippen molar-refractivity contribution in [2.24, 2.45) is 4.99 Å². The van der Waals surface area contributed by atoms with Crippen LogP contribution in [0.3, 0.4) is 0 Å². The molecule has 0 unspecified atom stereocenters. The second kappa shape index (κ2) is 8.43. The van der Waals surface area contributed by atoms with E-state index in [9.17, 15) is 0 Å². The number of nitrogens with one attached hydrogen (secondary N) is 1. The number of aliphatic imine (C=N–C) groups is 1. The van der Waals surface area contributed by atoms with E-state index >= 15 is 0 Å². The number of hydrogen-bond donors (Lipinski definition) is 1.